The molecule has 16 heavy (non-hydrogen) atoms. The molecule has 0 fully saturated rings. The number of H-pyrrole nitrogens is 1. The van der Waals surface area contributed by atoms with E-state index in [1.165, 1.54) is 26.3 Å². The lowest BCUT2D eigenvalue weighted by Gasteiger charge is -1.98. The maximum Gasteiger partial charge on any atom is 0.339 e. The van der Waals surface area contributed by atoms with Gasteiger partial charge in [0.1, 0.15) is 5.69 Å². The van der Waals surface area contributed by atoms with Crippen LogP contribution < -0.4 is 0 Å². The van der Waals surface area contributed by atoms with E-state index in [1.807, 2.05) is 0 Å². The number of aromatic amines is 1. The quantitative estimate of drug-likeness (QED) is 0.600. The van der Waals surface area contributed by atoms with Crippen molar-refractivity contribution in [1.29, 1.82) is 0 Å². The Labute approximate surface area is 90.6 Å². The van der Waals surface area contributed by atoms with Gasteiger partial charge in [0, 0.05) is 13.1 Å². The summed E-state index contributed by atoms with van der Waals surface area (Å²) in [5.41, 5.74) is 1.03. The van der Waals surface area contributed by atoms with Gasteiger partial charge in [-0.1, -0.05) is 0 Å². The Balaban J connectivity index is 2.63. The zero-order valence-electron chi connectivity index (χ0n) is 8.77. The minimum absolute atomic E-state index is 0.161. The molecule has 2 rings (SSSR count). The van der Waals surface area contributed by atoms with E-state index in [0.29, 0.717) is 22.3 Å². The van der Waals surface area contributed by atoms with Crippen molar-refractivity contribution in [1.82, 2.24) is 15.2 Å². The summed E-state index contributed by atoms with van der Waals surface area (Å²) in [6.45, 7) is 1.41. The highest BCUT2D eigenvalue weighted by atomic mass is 16.5. The molecule has 2 aromatic heterocycles. The van der Waals surface area contributed by atoms with E-state index < -0.39 is 5.97 Å². The number of rotatable bonds is 2. The van der Waals surface area contributed by atoms with Crippen molar-refractivity contribution in [3.05, 3.63) is 23.5 Å². The molecule has 6 nitrogen and oxygen atoms in total. The molecule has 2 aromatic rings. The van der Waals surface area contributed by atoms with Gasteiger partial charge in [-0.2, -0.15) is 5.10 Å². The zero-order chi connectivity index (χ0) is 11.7. The van der Waals surface area contributed by atoms with E-state index in [2.05, 4.69) is 19.9 Å². The number of carbonyl (C=O) groups is 2. The number of esters is 1. The van der Waals surface area contributed by atoms with Gasteiger partial charge in [-0.15, -0.1) is 0 Å². The first kappa shape index (κ1) is 10.3. The lowest BCUT2D eigenvalue weighted by atomic mass is 10.1. The van der Waals surface area contributed by atoms with Crippen LogP contribution in [0.25, 0.3) is 11.0 Å². The van der Waals surface area contributed by atoms with Crippen molar-refractivity contribution in [2.75, 3.05) is 7.11 Å². The van der Waals surface area contributed by atoms with Crippen LogP contribution in [0.3, 0.4) is 0 Å². The number of fused-ring (bicyclic) bond motifs is 1. The number of pyridine rings is 1. The molecule has 0 spiro atoms. The third-order valence-electron chi connectivity index (χ3n) is 2.18. The maximum absolute atomic E-state index is 11.3. The van der Waals surface area contributed by atoms with Crippen LogP contribution in [0.5, 0.6) is 0 Å². The van der Waals surface area contributed by atoms with Crippen molar-refractivity contribution in [2.45, 2.75) is 6.92 Å². The van der Waals surface area contributed by atoms with E-state index in [0.717, 1.165) is 0 Å². The number of Topliss-reactive ketones (excluding diaryl/α,β-unsaturated/α-hetero) is 1. The van der Waals surface area contributed by atoms with Crippen LogP contribution in [0.1, 0.15) is 27.8 Å². The lowest BCUT2D eigenvalue weighted by molar-refractivity contribution is 0.0600. The van der Waals surface area contributed by atoms with Gasteiger partial charge >= 0.3 is 5.97 Å². The van der Waals surface area contributed by atoms with Crippen LogP contribution in [0, 0.1) is 0 Å². The van der Waals surface area contributed by atoms with Crippen LogP contribution in [-0.2, 0) is 4.74 Å². The topological polar surface area (TPSA) is 84.9 Å². The summed E-state index contributed by atoms with van der Waals surface area (Å²) in [4.78, 5) is 26.5. The molecule has 1 N–H and O–H groups in total. The van der Waals surface area contributed by atoms with E-state index >= 15 is 0 Å². The Morgan fingerprint density at radius 2 is 2.19 bits per heavy atom. The number of aromatic nitrogens is 3. The Hall–Kier alpha value is -2.24. The highest BCUT2D eigenvalue weighted by Crippen LogP contribution is 2.16. The normalized spacial score (nSPS) is 10.4. The van der Waals surface area contributed by atoms with Crippen molar-refractivity contribution >= 4 is 22.8 Å². The van der Waals surface area contributed by atoms with Crippen molar-refractivity contribution < 1.29 is 14.3 Å². The van der Waals surface area contributed by atoms with Crippen LogP contribution in [0.4, 0.5) is 0 Å². The van der Waals surface area contributed by atoms with Gasteiger partial charge in [0.2, 0.25) is 0 Å². The molecule has 0 saturated heterocycles. The van der Waals surface area contributed by atoms with Gasteiger partial charge in [0.15, 0.2) is 11.4 Å². The molecular formula is C10H9N3O3. The molecule has 0 aliphatic heterocycles. The first-order chi connectivity index (χ1) is 7.63. The second-order valence-corrected chi connectivity index (χ2v) is 3.24. The van der Waals surface area contributed by atoms with E-state index in [1.54, 1.807) is 0 Å². The van der Waals surface area contributed by atoms with E-state index in [9.17, 15) is 9.59 Å². The number of ketones is 1. The minimum atomic E-state index is -0.495. The predicted molar refractivity (Wildman–Crippen MR) is 55.2 cm³/mol. The molecule has 82 valence electrons. The summed E-state index contributed by atoms with van der Waals surface area (Å²) in [6, 6.07) is 1.54. The fraction of sp³-hybridized carbons (Fsp3) is 0.200. The van der Waals surface area contributed by atoms with Crippen molar-refractivity contribution in [3.63, 3.8) is 0 Å². The number of hydrogen-bond acceptors (Lipinski definition) is 5. The van der Waals surface area contributed by atoms with Crippen LogP contribution in [-0.4, -0.2) is 34.0 Å². The second-order valence-electron chi connectivity index (χ2n) is 3.24. The number of hydrogen-bond donors (Lipinski definition) is 1. The Bertz CT molecular complexity index is 574. The first-order valence-electron chi connectivity index (χ1n) is 4.57. The monoisotopic (exact) mass is 219 g/mol. The van der Waals surface area contributed by atoms with Gasteiger partial charge in [-0.3, -0.25) is 9.89 Å². The van der Waals surface area contributed by atoms with E-state index in [4.69, 9.17) is 0 Å². The summed E-state index contributed by atoms with van der Waals surface area (Å²) in [7, 11) is 1.29. The fourth-order valence-corrected chi connectivity index (χ4v) is 1.40. The molecule has 0 aliphatic carbocycles. The molecule has 0 aromatic carbocycles. The molecule has 0 amide bonds. The van der Waals surface area contributed by atoms with Crippen LogP contribution in [0.2, 0.25) is 0 Å². The minimum Gasteiger partial charge on any atom is -0.465 e. The van der Waals surface area contributed by atoms with Gasteiger partial charge in [0.05, 0.1) is 18.1 Å². The van der Waals surface area contributed by atoms with Gasteiger partial charge in [-0.25, -0.2) is 9.78 Å². The zero-order valence-corrected chi connectivity index (χ0v) is 8.77. The first-order valence-corrected chi connectivity index (χ1v) is 4.57. The molecule has 6 heteroatoms. The second kappa shape index (κ2) is 3.73. The molecule has 0 aliphatic rings. The number of ether oxygens (including phenoxy) is 1. The summed E-state index contributed by atoms with van der Waals surface area (Å²) in [5.74, 6) is -0.656. The Kier molecular flexibility index (Phi) is 2.40. The summed E-state index contributed by atoms with van der Waals surface area (Å²) in [6.07, 6.45) is 1.36. The highest BCUT2D eigenvalue weighted by molar-refractivity contribution is 6.05. The summed E-state index contributed by atoms with van der Waals surface area (Å²) in [5, 5.41) is 6.96. The van der Waals surface area contributed by atoms with Crippen molar-refractivity contribution in [2.24, 2.45) is 0 Å². The van der Waals surface area contributed by atoms with Gasteiger partial charge < -0.3 is 4.74 Å². The molecule has 2 heterocycles. The smallest absolute Gasteiger partial charge is 0.339 e. The number of methoxy groups -OCH3 is 1. The standard InChI is InChI=1S/C10H9N3O3/c1-5(14)8-7-3-6(10(15)16-2)4-11-9(7)13-12-8/h3-4H,1-2H3,(H,11,12,13). The van der Waals surface area contributed by atoms with Gasteiger partial charge in [-0.05, 0) is 6.07 Å². The summed E-state index contributed by atoms with van der Waals surface area (Å²) >= 11 is 0. The Morgan fingerprint density at radius 3 is 2.81 bits per heavy atom. The number of nitrogens with zero attached hydrogens (tertiary/aromatic N) is 2. The SMILES string of the molecule is COC(=O)c1cnc2n[nH]c(C(C)=O)c2c1. The maximum atomic E-state index is 11.3. The van der Waals surface area contributed by atoms with Crippen molar-refractivity contribution in [3.8, 4) is 0 Å². The average Bonchev–Trinajstić information content (AvgIpc) is 2.70. The average molecular weight is 219 g/mol. The molecular weight excluding hydrogens is 210 g/mol. The lowest BCUT2D eigenvalue weighted by Crippen LogP contribution is -2.02. The fourth-order valence-electron chi connectivity index (χ4n) is 1.40. The third-order valence-corrected chi connectivity index (χ3v) is 2.18. The molecule has 0 atom stereocenters. The molecule has 0 radical (unpaired) electrons. The van der Waals surface area contributed by atoms with Gasteiger partial charge in [0.25, 0.3) is 0 Å². The molecule has 0 unspecified atom stereocenters. The predicted octanol–water partition coefficient (Wildman–Crippen LogP) is 0.947. The molecule has 0 bridgehead atoms. The van der Waals surface area contributed by atoms with E-state index in [-0.39, 0.29) is 5.78 Å². The Morgan fingerprint density at radius 1 is 1.44 bits per heavy atom. The largest absolute Gasteiger partial charge is 0.465 e. The number of carbonyl (C=O) groups excluding carboxylic acids is 2. The molecule has 0 saturated carbocycles. The summed E-state index contributed by atoms with van der Waals surface area (Å²) < 4.78 is 4.57. The number of nitrogens with one attached hydrogen (secondary N) is 1. The highest BCUT2D eigenvalue weighted by Gasteiger charge is 2.13. The van der Waals surface area contributed by atoms with Crippen LogP contribution in [0.15, 0.2) is 12.3 Å². The third kappa shape index (κ3) is 1.54. The van der Waals surface area contributed by atoms with Crippen LogP contribution >= 0.6 is 0 Å².